The Morgan fingerprint density at radius 2 is 2.00 bits per heavy atom. The Morgan fingerprint density at radius 3 is 2.42 bits per heavy atom. The molecule has 0 atom stereocenters. The van der Waals surface area contributed by atoms with E-state index in [0.717, 1.165) is 0 Å². The van der Waals surface area contributed by atoms with Gasteiger partial charge in [0.25, 0.3) is 0 Å². The Bertz CT molecular complexity index is 294. The zero-order valence-electron chi connectivity index (χ0n) is 7.46. The van der Waals surface area contributed by atoms with E-state index in [1.165, 1.54) is 33.1 Å². The van der Waals surface area contributed by atoms with Crippen molar-refractivity contribution in [3.8, 4) is 0 Å². The first-order chi connectivity index (χ1) is 5.43. The predicted molar refractivity (Wildman–Crippen MR) is 46.0 cm³/mol. The molecule has 0 radical (unpaired) electrons. The minimum absolute atomic E-state index is 0.222. The zero-order chi connectivity index (χ0) is 9.35. The van der Waals surface area contributed by atoms with Gasteiger partial charge in [0.05, 0.1) is 0 Å². The van der Waals surface area contributed by atoms with Gasteiger partial charge in [-0.1, -0.05) is 0 Å². The van der Waals surface area contributed by atoms with Crippen LogP contribution in [0.15, 0.2) is 16.8 Å². The molecule has 0 saturated carbocycles. The van der Waals surface area contributed by atoms with Crippen LogP contribution in [-0.2, 0) is 36.3 Å². The summed E-state index contributed by atoms with van der Waals surface area (Å²) >= 11 is 4.11. The fourth-order valence-electron chi connectivity index (χ4n) is 0.972. The van der Waals surface area contributed by atoms with E-state index in [4.69, 9.17) is 0 Å². The molecule has 0 aromatic rings. The van der Waals surface area contributed by atoms with Crippen LogP contribution >= 0.6 is 0 Å². The van der Waals surface area contributed by atoms with E-state index in [9.17, 15) is 0 Å². The number of rotatable bonds is 0. The molecule has 1 heterocycles. The first-order valence-corrected chi connectivity index (χ1v) is 5.94. The van der Waals surface area contributed by atoms with Gasteiger partial charge in [0, 0.05) is 0 Å². The molecule has 0 unspecified atom stereocenters. The predicted octanol–water partition coefficient (Wildman–Crippen LogP) is 1.44. The van der Waals surface area contributed by atoms with Gasteiger partial charge in [0.15, 0.2) is 0 Å². The maximum absolute atomic E-state index is 4.21. The topological polar surface area (TPSA) is 12.4 Å². The average Bonchev–Trinajstić information content (AvgIpc) is 1.92. The van der Waals surface area contributed by atoms with E-state index in [1.807, 2.05) is 12.4 Å². The summed E-state index contributed by atoms with van der Waals surface area (Å²) in [5.74, 6) is 0. The van der Waals surface area contributed by atoms with Crippen LogP contribution in [0.1, 0.15) is 20.8 Å². The summed E-state index contributed by atoms with van der Waals surface area (Å²) in [5, 5.41) is 0. The molecule has 0 spiro atoms. The van der Waals surface area contributed by atoms with Crippen molar-refractivity contribution in [2.75, 3.05) is 0 Å². The maximum atomic E-state index is 4.21. The monoisotopic (exact) mass is 368 g/mol. The van der Waals surface area contributed by atoms with E-state index in [2.05, 4.69) is 42.7 Å². The Labute approximate surface area is 93.2 Å². The number of nitrogens with zero attached hydrogens (tertiary/aromatic N) is 1. The average molecular weight is 368 g/mol. The summed E-state index contributed by atoms with van der Waals surface area (Å²) in [6.45, 7) is 6.68. The Hall–Kier alpha value is 0.423. The standard InChI is InChI=1S/C9H11N.V.W/c1-9(2,3)8-5-4-6-10-7-8;;/h6-7H,1-3H3;;. The number of hydrogen-bond donors (Lipinski definition) is 0. The van der Waals surface area contributed by atoms with Gasteiger partial charge in [0.2, 0.25) is 0 Å². The first kappa shape index (κ1) is 10.5. The summed E-state index contributed by atoms with van der Waals surface area (Å²) in [5.41, 5.74) is 1.59. The molecule has 0 saturated heterocycles. The molecule has 0 bridgehead atoms. The quantitative estimate of drug-likeness (QED) is 0.614. The molecule has 0 aromatic heterocycles. The molecular weight excluding hydrogens is 357 g/mol. The van der Waals surface area contributed by atoms with Gasteiger partial charge in [-0.2, -0.15) is 0 Å². The summed E-state index contributed by atoms with van der Waals surface area (Å²) < 4.78 is 2.68. The molecule has 0 aliphatic carbocycles. The third-order valence-electron chi connectivity index (χ3n) is 1.69. The second-order valence-corrected chi connectivity index (χ2v) is 6.00. The normalized spacial score (nSPS) is 18.0. The van der Waals surface area contributed by atoms with Crippen LogP contribution in [0.4, 0.5) is 0 Å². The number of allylic oxidation sites excluding steroid dienone is 1. The second kappa shape index (κ2) is 3.66. The van der Waals surface area contributed by atoms with Gasteiger partial charge in [0.1, 0.15) is 0 Å². The fourth-order valence-corrected chi connectivity index (χ4v) is 2.74. The van der Waals surface area contributed by atoms with Gasteiger partial charge >= 0.3 is 93.6 Å². The molecule has 63 valence electrons. The summed E-state index contributed by atoms with van der Waals surface area (Å²) in [4.78, 5) is 4.21. The summed E-state index contributed by atoms with van der Waals surface area (Å²) in [6, 6.07) is 0. The van der Waals surface area contributed by atoms with E-state index >= 15 is 0 Å². The molecule has 0 N–H and O–H groups in total. The Kier molecular flexibility index (Phi) is 3.20. The van der Waals surface area contributed by atoms with Crippen LogP contribution in [0.5, 0.6) is 0 Å². The van der Waals surface area contributed by atoms with E-state index in [-0.39, 0.29) is 5.41 Å². The molecule has 3 heteroatoms. The van der Waals surface area contributed by atoms with Crippen LogP contribution in [0.2, 0.25) is 0 Å². The molecule has 1 aliphatic rings. The Balaban J connectivity index is 3.07. The molecule has 1 nitrogen and oxygen atoms in total. The third-order valence-corrected chi connectivity index (χ3v) is 4.75. The van der Waals surface area contributed by atoms with Crippen LogP contribution in [0.25, 0.3) is 0 Å². The van der Waals surface area contributed by atoms with Gasteiger partial charge < -0.3 is 0 Å². The van der Waals surface area contributed by atoms with Gasteiger partial charge in [-0.05, 0) is 0 Å². The van der Waals surface area contributed by atoms with Crippen molar-refractivity contribution in [3.05, 3.63) is 11.8 Å². The van der Waals surface area contributed by atoms with Crippen LogP contribution in [0, 0.1) is 5.41 Å². The molecule has 0 aromatic carbocycles. The molecule has 1 aliphatic heterocycles. The molecule has 0 fully saturated rings. The van der Waals surface area contributed by atoms with Crippen LogP contribution in [0.3, 0.4) is 0 Å². The van der Waals surface area contributed by atoms with E-state index < -0.39 is 0 Å². The van der Waals surface area contributed by atoms with Crippen molar-refractivity contribution >= 4 is 14.3 Å². The van der Waals surface area contributed by atoms with Gasteiger partial charge in [-0.3, -0.25) is 0 Å². The van der Waals surface area contributed by atoms with Crippen LogP contribution < -0.4 is 0 Å². The second-order valence-electron chi connectivity index (χ2n) is 3.79. The van der Waals surface area contributed by atoms with Crippen LogP contribution in [-0.4, -0.2) is 14.3 Å². The molecular formula is C9H11NVW. The minimum atomic E-state index is 0.222. The number of hydrogen-bond acceptors (Lipinski definition) is 1. The van der Waals surface area contributed by atoms with Gasteiger partial charge in [-0.15, -0.1) is 0 Å². The SMILES string of the molecule is CC(C)(C)C1=CN=C[C](=[V])[C]1=[W]. The van der Waals surface area contributed by atoms with Crippen molar-refractivity contribution < 1.29 is 36.3 Å². The molecule has 12 heavy (non-hydrogen) atoms. The summed E-state index contributed by atoms with van der Waals surface area (Å²) in [7, 11) is 0. The van der Waals surface area contributed by atoms with Gasteiger partial charge in [-0.25, -0.2) is 0 Å². The molecule has 0 amide bonds. The van der Waals surface area contributed by atoms with Crippen molar-refractivity contribution in [1.82, 2.24) is 0 Å². The Morgan fingerprint density at radius 1 is 1.42 bits per heavy atom. The van der Waals surface area contributed by atoms with Crippen molar-refractivity contribution in [2.24, 2.45) is 10.4 Å². The fraction of sp³-hybridized carbons (Fsp3) is 0.444. The van der Waals surface area contributed by atoms with Crippen molar-refractivity contribution in [2.45, 2.75) is 20.8 Å². The third kappa shape index (κ3) is 2.22. The van der Waals surface area contributed by atoms with Crippen molar-refractivity contribution in [1.29, 1.82) is 0 Å². The molecule has 1 rings (SSSR count). The zero-order valence-corrected chi connectivity index (χ0v) is 11.8. The number of aliphatic imine (C=N–C) groups is 1. The van der Waals surface area contributed by atoms with E-state index in [0.29, 0.717) is 0 Å². The van der Waals surface area contributed by atoms with Crippen molar-refractivity contribution in [3.63, 3.8) is 0 Å². The summed E-state index contributed by atoms with van der Waals surface area (Å²) in [6.07, 6.45) is 3.90. The first-order valence-electron chi connectivity index (χ1n) is 3.77. The van der Waals surface area contributed by atoms with E-state index in [1.54, 1.807) is 0 Å².